The SMILES string of the molecule is C[C@H](NS(=O)(=O)c1ccccc1C(F)(F)F)C(=O)NC(CN1CCOCC1)c1ccccc1. The fourth-order valence-electron chi connectivity index (χ4n) is 3.54. The summed E-state index contributed by atoms with van der Waals surface area (Å²) >= 11 is 0. The second-order valence-electron chi connectivity index (χ2n) is 7.72. The van der Waals surface area contributed by atoms with E-state index >= 15 is 0 Å². The van der Waals surface area contributed by atoms with Crippen molar-refractivity contribution in [1.29, 1.82) is 0 Å². The molecule has 0 aliphatic carbocycles. The normalized spacial score (nSPS) is 17.3. The molecule has 1 unspecified atom stereocenters. The number of rotatable bonds is 8. The number of amides is 1. The smallest absolute Gasteiger partial charge is 0.379 e. The summed E-state index contributed by atoms with van der Waals surface area (Å²) < 4.78 is 72.6. The van der Waals surface area contributed by atoms with Crippen molar-refractivity contribution >= 4 is 15.9 Å². The number of alkyl halides is 3. The van der Waals surface area contributed by atoms with Crippen LogP contribution in [0, 0.1) is 0 Å². The van der Waals surface area contributed by atoms with Crippen molar-refractivity contribution in [2.24, 2.45) is 0 Å². The lowest BCUT2D eigenvalue weighted by Gasteiger charge is -2.31. The van der Waals surface area contributed by atoms with E-state index in [-0.39, 0.29) is 0 Å². The van der Waals surface area contributed by atoms with E-state index in [1.807, 2.05) is 30.3 Å². The molecule has 0 radical (unpaired) electrons. The Hall–Kier alpha value is -2.47. The van der Waals surface area contributed by atoms with Crippen molar-refractivity contribution in [3.05, 3.63) is 65.7 Å². The van der Waals surface area contributed by atoms with E-state index < -0.39 is 44.6 Å². The topological polar surface area (TPSA) is 87.7 Å². The van der Waals surface area contributed by atoms with Crippen LogP contribution < -0.4 is 10.0 Å². The van der Waals surface area contributed by atoms with E-state index in [2.05, 4.69) is 14.9 Å². The maximum Gasteiger partial charge on any atom is 0.417 e. The number of carbonyl (C=O) groups is 1. The van der Waals surface area contributed by atoms with Crippen LogP contribution in [0.3, 0.4) is 0 Å². The van der Waals surface area contributed by atoms with Crippen molar-refractivity contribution in [3.8, 4) is 0 Å². The molecule has 33 heavy (non-hydrogen) atoms. The number of hydrogen-bond acceptors (Lipinski definition) is 5. The predicted octanol–water partition coefficient (Wildman–Crippen LogP) is 2.56. The largest absolute Gasteiger partial charge is 0.417 e. The van der Waals surface area contributed by atoms with E-state index in [0.717, 1.165) is 17.7 Å². The first-order valence-electron chi connectivity index (χ1n) is 10.4. The first kappa shape index (κ1) is 25.2. The highest BCUT2D eigenvalue weighted by atomic mass is 32.2. The van der Waals surface area contributed by atoms with Crippen LogP contribution in [0.2, 0.25) is 0 Å². The minimum absolute atomic E-state index is 0.439. The molecule has 0 aromatic heterocycles. The lowest BCUT2D eigenvalue weighted by Crippen LogP contribution is -2.49. The molecule has 2 aromatic rings. The lowest BCUT2D eigenvalue weighted by molar-refractivity contribution is -0.139. The highest BCUT2D eigenvalue weighted by Crippen LogP contribution is 2.33. The number of nitrogens with one attached hydrogen (secondary N) is 2. The average molecular weight is 486 g/mol. The standard InChI is InChI=1S/C22H26F3N3O4S/c1-16(27-33(30,31)20-10-6-5-9-18(20)22(23,24)25)21(29)26-19(17-7-3-2-4-8-17)15-28-11-13-32-14-12-28/h2-10,16,19,27H,11-15H2,1H3,(H,26,29)/t16-,19?/m0/s1. The third-order valence-electron chi connectivity index (χ3n) is 5.27. The zero-order chi connectivity index (χ0) is 24.1. The number of ether oxygens (including phenoxy) is 1. The molecule has 1 aliphatic heterocycles. The Morgan fingerprint density at radius 1 is 1.06 bits per heavy atom. The minimum Gasteiger partial charge on any atom is -0.379 e. The molecular formula is C22H26F3N3O4S. The van der Waals surface area contributed by atoms with Crippen LogP contribution in [0.5, 0.6) is 0 Å². The summed E-state index contributed by atoms with van der Waals surface area (Å²) in [6.45, 7) is 4.30. The molecule has 0 bridgehead atoms. The molecule has 2 N–H and O–H groups in total. The Kier molecular flexibility index (Phi) is 8.11. The third kappa shape index (κ3) is 6.76. The van der Waals surface area contributed by atoms with Crippen molar-refractivity contribution in [1.82, 2.24) is 14.9 Å². The molecule has 1 saturated heterocycles. The van der Waals surface area contributed by atoms with Crippen LogP contribution in [-0.4, -0.2) is 58.1 Å². The number of carbonyl (C=O) groups excluding carboxylic acids is 1. The van der Waals surface area contributed by atoms with Crippen LogP contribution in [0.1, 0.15) is 24.1 Å². The van der Waals surface area contributed by atoms with E-state index in [9.17, 15) is 26.4 Å². The molecule has 1 heterocycles. The van der Waals surface area contributed by atoms with Crippen molar-refractivity contribution in [3.63, 3.8) is 0 Å². The second kappa shape index (κ2) is 10.6. The Morgan fingerprint density at radius 2 is 1.67 bits per heavy atom. The summed E-state index contributed by atoms with van der Waals surface area (Å²) in [6.07, 6.45) is -4.85. The zero-order valence-corrected chi connectivity index (χ0v) is 18.8. The van der Waals surface area contributed by atoms with Gasteiger partial charge in [-0.3, -0.25) is 9.69 Å². The molecule has 180 valence electrons. The van der Waals surface area contributed by atoms with Gasteiger partial charge in [-0.2, -0.15) is 17.9 Å². The molecule has 7 nitrogen and oxygen atoms in total. The van der Waals surface area contributed by atoms with E-state index in [4.69, 9.17) is 4.74 Å². The Morgan fingerprint density at radius 3 is 2.30 bits per heavy atom. The molecule has 1 fully saturated rings. The lowest BCUT2D eigenvalue weighted by atomic mass is 10.1. The summed E-state index contributed by atoms with van der Waals surface area (Å²) in [5, 5.41) is 2.83. The number of halogens is 3. The van der Waals surface area contributed by atoms with Gasteiger partial charge < -0.3 is 10.1 Å². The van der Waals surface area contributed by atoms with Gasteiger partial charge in [0.25, 0.3) is 0 Å². The maximum atomic E-state index is 13.3. The first-order chi connectivity index (χ1) is 15.6. The predicted molar refractivity (Wildman–Crippen MR) is 116 cm³/mol. The number of morpholine rings is 1. The van der Waals surface area contributed by atoms with Crippen LogP contribution in [0.4, 0.5) is 13.2 Å². The van der Waals surface area contributed by atoms with Gasteiger partial charge in [0.15, 0.2) is 0 Å². The second-order valence-corrected chi connectivity index (χ2v) is 9.40. The monoisotopic (exact) mass is 485 g/mol. The number of benzene rings is 2. The van der Waals surface area contributed by atoms with E-state index in [0.29, 0.717) is 38.9 Å². The van der Waals surface area contributed by atoms with Gasteiger partial charge >= 0.3 is 6.18 Å². The molecule has 2 aromatic carbocycles. The summed E-state index contributed by atoms with van der Waals surface area (Å²) in [4.78, 5) is 14.1. The van der Waals surface area contributed by atoms with Gasteiger partial charge in [-0.25, -0.2) is 8.42 Å². The molecule has 2 atom stereocenters. The quantitative estimate of drug-likeness (QED) is 0.600. The minimum atomic E-state index is -4.85. The Labute approximate surface area is 191 Å². The molecule has 3 rings (SSSR count). The van der Waals surface area contributed by atoms with E-state index in [1.165, 1.54) is 13.0 Å². The van der Waals surface area contributed by atoms with Crippen LogP contribution in [0.25, 0.3) is 0 Å². The van der Waals surface area contributed by atoms with Gasteiger partial charge in [-0.1, -0.05) is 42.5 Å². The molecule has 1 aliphatic rings. The van der Waals surface area contributed by atoms with Crippen molar-refractivity contribution in [2.45, 2.75) is 30.1 Å². The highest BCUT2D eigenvalue weighted by Gasteiger charge is 2.37. The van der Waals surface area contributed by atoms with Crippen molar-refractivity contribution < 1.29 is 31.1 Å². The Bertz CT molecular complexity index is 1040. The van der Waals surface area contributed by atoms with Gasteiger partial charge in [0.2, 0.25) is 15.9 Å². The summed E-state index contributed by atoms with van der Waals surface area (Å²) in [5.41, 5.74) is -0.464. The maximum absolute atomic E-state index is 13.3. The fourth-order valence-corrected chi connectivity index (χ4v) is 4.97. The van der Waals surface area contributed by atoms with Crippen LogP contribution in [0.15, 0.2) is 59.5 Å². The van der Waals surface area contributed by atoms with Crippen molar-refractivity contribution in [2.75, 3.05) is 32.8 Å². The summed E-state index contributed by atoms with van der Waals surface area (Å²) in [7, 11) is -4.60. The number of nitrogens with zero attached hydrogens (tertiary/aromatic N) is 1. The van der Waals surface area contributed by atoms with Gasteiger partial charge in [-0.15, -0.1) is 0 Å². The van der Waals surface area contributed by atoms with Gasteiger partial charge in [-0.05, 0) is 24.6 Å². The molecule has 11 heteroatoms. The zero-order valence-electron chi connectivity index (χ0n) is 18.0. The third-order valence-corrected chi connectivity index (χ3v) is 6.87. The van der Waals surface area contributed by atoms with Gasteiger partial charge in [0.1, 0.15) is 0 Å². The van der Waals surface area contributed by atoms with Crippen LogP contribution in [-0.2, 0) is 25.7 Å². The van der Waals surface area contributed by atoms with Gasteiger partial charge in [0.05, 0.1) is 35.8 Å². The fraction of sp³-hybridized carbons (Fsp3) is 0.409. The number of hydrogen-bond donors (Lipinski definition) is 2. The van der Waals surface area contributed by atoms with Crippen LogP contribution >= 0.6 is 0 Å². The summed E-state index contributed by atoms with van der Waals surface area (Å²) in [6, 6.07) is 11.3. The number of sulfonamides is 1. The molecular weight excluding hydrogens is 459 g/mol. The Balaban J connectivity index is 1.75. The van der Waals surface area contributed by atoms with Gasteiger partial charge in [0, 0.05) is 19.6 Å². The molecule has 1 amide bonds. The summed E-state index contributed by atoms with van der Waals surface area (Å²) in [5.74, 6) is -0.648. The highest BCUT2D eigenvalue weighted by molar-refractivity contribution is 7.89. The molecule has 0 saturated carbocycles. The average Bonchev–Trinajstić information content (AvgIpc) is 2.79. The first-order valence-corrected chi connectivity index (χ1v) is 11.9. The van der Waals surface area contributed by atoms with E-state index in [1.54, 1.807) is 0 Å². The molecule has 0 spiro atoms.